The molecule has 0 aromatic heterocycles. The fourth-order valence-electron chi connectivity index (χ4n) is 1.38. The van der Waals surface area contributed by atoms with Gasteiger partial charge in [0, 0.05) is 9.26 Å². The predicted octanol–water partition coefficient (Wildman–Crippen LogP) is 3.91. The van der Waals surface area contributed by atoms with Crippen LogP contribution in [0.15, 0.2) is 48.5 Å². The molecule has 0 fully saturated rings. The molecule has 0 bridgehead atoms. The lowest BCUT2D eigenvalue weighted by Crippen LogP contribution is -1.92. The fourth-order valence-corrected chi connectivity index (χ4v) is 1.91. The molecule has 2 rings (SSSR count). The minimum atomic E-state index is 0.663. The van der Waals surface area contributed by atoms with Crippen LogP contribution in [0.1, 0.15) is 5.56 Å². The first-order valence-corrected chi connectivity index (χ1v) is 5.89. The number of benzene rings is 2. The Morgan fingerprint density at radius 1 is 1.06 bits per heavy atom. The highest BCUT2D eigenvalue weighted by atomic mass is 127. The summed E-state index contributed by atoms with van der Waals surface area (Å²) in [6.45, 7) is 0. The normalized spacial score (nSPS) is 9.50. The molecule has 0 heterocycles. The van der Waals surface area contributed by atoms with Gasteiger partial charge in [-0.05, 0) is 52.9 Å². The van der Waals surface area contributed by atoms with Gasteiger partial charge in [0.2, 0.25) is 0 Å². The first-order chi connectivity index (χ1) is 7.79. The summed E-state index contributed by atoms with van der Waals surface area (Å²) in [5.41, 5.74) is 2.65. The molecule has 0 unspecified atom stereocenters. The maximum Gasteiger partial charge on any atom is 0.0992 e. The first-order valence-electron chi connectivity index (χ1n) is 4.81. The molecule has 2 aromatic carbocycles. The summed E-state index contributed by atoms with van der Waals surface area (Å²) in [5, 5.41) is 12.1. The van der Waals surface area contributed by atoms with Gasteiger partial charge in [0.25, 0.3) is 0 Å². The van der Waals surface area contributed by atoms with E-state index in [1.165, 1.54) is 0 Å². The number of hydrogen-bond donors (Lipinski definition) is 1. The molecule has 78 valence electrons. The number of halogens is 1. The molecule has 0 amide bonds. The van der Waals surface area contributed by atoms with E-state index in [9.17, 15) is 0 Å². The van der Waals surface area contributed by atoms with Gasteiger partial charge in [0.05, 0.1) is 17.3 Å². The van der Waals surface area contributed by atoms with Gasteiger partial charge in [-0.1, -0.05) is 18.2 Å². The van der Waals surface area contributed by atoms with Crippen molar-refractivity contribution in [3.8, 4) is 6.07 Å². The minimum absolute atomic E-state index is 0.663. The molecular weight excluding hydrogens is 311 g/mol. The standard InChI is InChI=1S/C13H9IN2/c14-12-6-1-2-7-13(12)16-11-5-3-4-10(8-11)9-15/h1-8,16H. The van der Waals surface area contributed by atoms with Crippen LogP contribution in [0.5, 0.6) is 0 Å². The van der Waals surface area contributed by atoms with Crippen LogP contribution in [-0.2, 0) is 0 Å². The summed E-state index contributed by atoms with van der Waals surface area (Å²) in [7, 11) is 0. The topological polar surface area (TPSA) is 35.8 Å². The minimum Gasteiger partial charge on any atom is -0.355 e. The lowest BCUT2D eigenvalue weighted by Gasteiger charge is -2.08. The van der Waals surface area contributed by atoms with E-state index >= 15 is 0 Å². The van der Waals surface area contributed by atoms with Crippen LogP contribution in [0.3, 0.4) is 0 Å². The Morgan fingerprint density at radius 2 is 1.88 bits per heavy atom. The Bertz CT molecular complexity index is 544. The van der Waals surface area contributed by atoms with Crippen LogP contribution < -0.4 is 5.32 Å². The van der Waals surface area contributed by atoms with Crippen molar-refractivity contribution in [1.29, 1.82) is 5.26 Å². The number of nitrogens with zero attached hydrogens (tertiary/aromatic N) is 1. The average Bonchev–Trinajstić information content (AvgIpc) is 2.32. The van der Waals surface area contributed by atoms with Gasteiger partial charge >= 0.3 is 0 Å². The smallest absolute Gasteiger partial charge is 0.0992 e. The molecule has 0 aliphatic rings. The highest BCUT2D eigenvalue weighted by molar-refractivity contribution is 14.1. The molecule has 0 saturated heterocycles. The van der Waals surface area contributed by atoms with E-state index in [1.54, 1.807) is 6.07 Å². The summed E-state index contributed by atoms with van der Waals surface area (Å²) >= 11 is 2.28. The highest BCUT2D eigenvalue weighted by Gasteiger charge is 1.99. The third-order valence-electron chi connectivity index (χ3n) is 2.14. The maximum atomic E-state index is 8.80. The van der Waals surface area contributed by atoms with Gasteiger partial charge in [0.15, 0.2) is 0 Å². The quantitative estimate of drug-likeness (QED) is 0.852. The highest BCUT2D eigenvalue weighted by Crippen LogP contribution is 2.22. The van der Waals surface area contributed by atoms with E-state index in [-0.39, 0.29) is 0 Å². The van der Waals surface area contributed by atoms with E-state index in [0.717, 1.165) is 14.9 Å². The van der Waals surface area contributed by atoms with Crippen molar-refractivity contribution in [2.45, 2.75) is 0 Å². The van der Waals surface area contributed by atoms with Gasteiger partial charge in [-0.2, -0.15) is 5.26 Å². The van der Waals surface area contributed by atoms with Crippen molar-refractivity contribution in [1.82, 2.24) is 0 Å². The summed E-state index contributed by atoms with van der Waals surface area (Å²) in [6, 6.07) is 17.6. The number of nitrogens with one attached hydrogen (secondary N) is 1. The summed E-state index contributed by atoms with van der Waals surface area (Å²) in [4.78, 5) is 0. The van der Waals surface area contributed by atoms with Crippen LogP contribution in [0.4, 0.5) is 11.4 Å². The van der Waals surface area contributed by atoms with Crippen molar-refractivity contribution in [3.63, 3.8) is 0 Å². The second-order valence-electron chi connectivity index (χ2n) is 3.30. The monoisotopic (exact) mass is 320 g/mol. The van der Waals surface area contributed by atoms with E-state index in [4.69, 9.17) is 5.26 Å². The van der Waals surface area contributed by atoms with Crippen LogP contribution >= 0.6 is 22.6 Å². The first kappa shape index (κ1) is 11.0. The summed E-state index contributed by atoms with van der Waals surface area (Å²) in [5.74, 6) is 0. The molecule has 0 radical (unpaired) electrons. The van der Waals surface area contributed by atoms with E-state index in [1.807, 2.05) is 42.5 Å². The molecule has 0 aliphatic carbocycles. The Kier molecular flexibility index (Phi) is 3.42. The zero-order valence-corrected chi connectivity index (χ0v) is 10.6. The second kappa shape index (κ2) is 4.99. The summed E-state index contributed by atoms with van der Waals surface area (Å²) in [6.07, 6.45) is 0. The molecule has 3 heteroatoms. The van der Waals surface area contributed by atoms with Gasteiger partial charge in [-0.15, -0.1) is 0 Å². The lowest BCUT2D eigenvalue weighted by atomic mass is 10.2. The molecule has 0 atom stereocenters. The molecule has 0 aliphatic heterocycles. The molecular formula is C13H9IN2. The molecule has 1 N–H and O–H groups in total. The van der Waals surface area contributed by atoms with E-state index in [2.05, 4.69) is 34.0 Å². The second-order valence-corrected chi connectivity index (χ2v) is 4.46. The number of nitriles is 1. The Morgan fingerprint density at radius 3 is 2.62 bits per heavy atom. The maximum absolute atomic E-state index is 8.80. The zero-order valence-electron chi connectivity index (χ0n) is 8.44. The van der Waals surface area contributed by atoms with Crippen molar-refractivity contribution < 1.29 is 0 Å². The Balaban J connectivity index is 2.28. The van der Waals surface area contributed by atoms with Crippen LogP contribution in [0.25, 0.3) is 0 Å². The molecule has 2 aromatic rings. The number of anilines is 2. The Labute approximate surface area is 108 Å². The van der Waals surface area contributed by atoms with Gasteiger partial charge in [-0.25, -0.2) is 0 Å². The van der Waals surface area contributed by atoms with Crippen LogP contribution in [-0.4, -0.2) is 0 Å². The fraction of sp³-hybridized carbons (Fsp3) is 0. The summed E-state index contributed by atoms with van der Waals surface area (Å²) < 4.78 is 1.16. The lowest BCUT2D eigenvalue weighted by molar-refractivity contribution is 1.47. The van der Waals surface area contributed by atoms with E-state index in [0.29, 0.717) is 5.56 Å². The Hall–Kier alpha value is -1.54. The van der Waals surface area contributed by atoms with Crippen molar-refractivity contribution >= 4 is 34.0 Å². The van der Waals surface area contributed by atoms with Crippen molar-refractivity contribution in [3.05, 3.63) is 57.7 Å². The number of hydrogen-bond acceptors (Lipinski definition) is 2. The van der Waals surface area contributed by atoms with Crippen molar-refractivity contribution in [2.75, 3.05) is 5.32 Å². The van der Waals surface area contributed by atoms with Crippen molar-refractivity contribution in [2.24, 2.45) is 0 Å². The molecule has 2 nitrogen and oxygen atoms in total. The largest absolute Gasteiger partial charge is 0.355 e. The molecule has 0 spiro atoms. The predicted molar refractivity (Wildman–Crippen MR) is 73.6 cm³/mol. The third-order valence-corrected chi connectivity index (χ3v) is 3.09. The van der Waals surface area contributed by atoms with E-state index < -0.39 is 0 Å². The van der Waals surface area contributed by atoms with Crippen LogP contribution in [0.2, 0.25) is 0 Å². The third kappa shape index (κ3) is 2.52. The van der Waals surface area contributed by atoms with Gasteiger partial charge in [-0.3, -0.25) is 0 Å². The zero-order chi connectivity index (χ0) is 11.4. The number of para-hydroxylation sites is 1. The van der Waals surface area contributed by atoms with Crippen LogP contribution in [0, 0.1) is 14.9 Å². The number of rotatable bonds is 2. The van der Waals surface area contributed by atoms with Gasteiger partial charge in [0.1, 0.15) is 0 Å². The van der Waals surface area contributed by atoms with Gasteiger partial charge < -0.3 is 5.32 Å². The molecule has 16 heavy (non-hydrogen) atoms. The SMILES string of the molecule is N#Cc1cccc(Nc2ccccc2I)c1. The molecule has 0 saturated carbocycles. The average molecular weight is 320 g/mol.